The lowest BCUT2D eigenvalue weighted by atomic mass is 9.72. The van der Waals surface area contributed by atoms with Gasteiger partial charge in [0.05, 0.1) is 0 Å². The monoisotopic (exact) mass is 236 g/mol. The molecule has 17 heavy (non-hydrogen) atoms. The van der Waals surface area contributed by atoms with Crippen molar-refractivity contribution in [1.82, 2.24) is 10.2 Å². The largest absolute Gasteiger partial charge is 0.309 e. The van der Waals surface area contributed by atoms with Gasteiger partial charge >= 0.3 is 0 Å². The molecule has 0 aromatic carbocycles. The molecule has 2 unspecified atom stereocenters. The predicted molar refractivity (Wildman–Crippen MR) is 72.1 cm³/mol. The van der Waals surface area contributed by atoms with Gasteiger partial charge in [-0.3, -0.25) is 0 Å². The van der Waals surface area contributed by atoms with Crippen molar-refractivity contribution in [1.29, 1.82) is 0 Å². The Balaban J connectivity index is 1.62. The number of hydrogen-bond acceptors (Lipinski definition) is 2. The zero-order chi connectivity index (χ0) is 11.9. The molecule has 0 aromatic rings. The van der Waals surface area contributed by atoms with Crippen LogP contribution >= 0.6 is 0 Å². The van der Waals surface area contributed by atoms with Crippen molar-refractivity contribution in [3.05, 3.63) is 0 Å². The number of nitrogens with one attached hydrogen (secondary N) is 1. The van der Waals surface area contributed by atoms with E-state index < -0.39 is 0 Å². The Morgan fingerprint density at radius 2 is 1.82 bits per heavy atom. The molecule has 1 N–H and O–H groups in total. The minimum atomic E-state index is 0.518. The minimum Gasteiger partial charge on any atom is -0.309 e. The average molecular weight is 236 g/mol. The van der Waals surface area contributed by atoms with Gasteiger partial charge in [0.25, 0.3) is 0 Å². The van der Waals surface area contributed by atoms with Crippen LogP contribution in [0.3, 0.4) is 0 Å². The number of nitrogens with zero attached hydrogens (tertiary/aromatic N) is 1. The Labute approximate surface area is 106 Å². The van der Waals surface area contributed by atoms with Crippen LogP contribution in [0.25, 0.3) is 0 Å². The van der Waals surface area contributed by atoms with E-state index in [0.29, 0.717) is 5.41 Å². The lowest BCUT2D eigenvalue weighted by Crippen LogP contribution is -2.60. The van der Waals surface area contributed by atoms with Gasteiger partial charge in [-0.15, -0.1) is 0 Å². The van der Waals surface area contributed by atoms with E-state index in [2.05, 4.69) is 24.1 Å². The quantitative estimate of drug-likeness (QED) is 0.793. The van der Waals surface area contributed by atoms with Crippen molar-refractivity contribution in [2.45, 2.75) is 64.5 Å². The summed E-state index contributed by atoms with van der Waals surface area (Å²) in [6.45, 7) is 8.96. The lowest BCUT2D eigenvalue weighted by Gasteiger charge is -2.49. The van der Waals surface area contributed by atoms with E-state index in [1.165, 1.54) is 58.2 Å². The molecular weight excluding hydrogens is 208 g/mol. The van der Waals surface area contributed by atoms with Crippen LogP contribution in [0.5, 0.6) is 0 Å². The van der Waals surface area contributed by atoms with Gasteiger partial charge in [0.2, 0.25) is 0 Å². The van der Waals surface area contributed by atoms with Gasteiger partial charge in [0, 0.05) is 18.6 Å². The van der Waals surface area contributed by atoms with Crippen LogP contribution in [0.2, 0.25) is 0 Å². The number of piperidine rings is 3. The highest BCUT2D eigenvalue weighted by atomic mass is 15.2. The topological polar surface area (TPSA) is 15.3 Å². The van der Waals surface area contributed by atoms with E-state index in [1.54, 1.807) is 0 Å². The van der Waals surface area contributed by atoms with Crippen molar-refractivity contribution < 1.29 is 0 Å². The Bertz CT molecular complexity index is 266. The summed E-state index contributed by atoms with van der Waals surface area (Å²) in [4.78, 5) is 2.66. The molecule has 98 valence electrons. The number of rotatable bonds is 2. The molecule has 3 aliphatic heterocycles. The highest BCUT2D eigenvalue weighted by Crippen LogP contribution is 2.37. The third-order valence-corrected chi connectivity index (χ3v) is 5.58. The molecule has 1 aliphatic carbocycles. The van der Waals surface area contributed by atoms with Gasteiger partial charge in [0.15, 0.2) is 0 Å². The highest BCUT2D eigenvalue weighted by molar-refractivity contribution is 4.96. The summed E-state index contributed by atoms with van der Waals surface area (Å²) in [6.07, 6.45) is 8.55. The predicted octanol–water partition coefficient (Wildman–Crippen LogP) is 2.64. The summed E-state index contributed by atoms with van der Waals surface area (Å²) in [5.74, 6) is 0.970. The number of hydrogen-bond donors (Lipinski definition) is 1. The molecule has 4 aliphatic rings. The maximum Gasteiger partial charge on any atom is 0.0227 e. The molecule has 0 radical (unpaired) electrons. The lowest BCUT2D eigenvalue weighted by molar-refractivity contribution is 0.0466. The molecular formula is C15H28N2. The molecule has 3 heterocycles. The second kappa shape index (κ2) is 4.55. The summed E-state index contributed by atoms with van der Waals surface area (Å²) >= 11 is 0. The molecule has 1 saturated carbocycles. The van der Waals surface area contributed by atoms with Gasteiger partial charge in [-0.2, -0.15) is 0 Å². The summed E-state index contributed by atoms with van der Waals surface area (Å²) in [5, 5.41) is 4.04. The van der Waals surface area contributed by atoms with Crippen LogP contribution in [0.15, 0.2) is 0 Å². The molecule has 2 nitrogen and oxygen atoms in total. The molecule has 2 atom stereocenters. The van der Waals surface area contributed by atoms with Gasteiger partial charge in [0.1, 0.15) is 0 Å². The summed E-state index contributed by atoms with van der Waals surface area (Å²) < 4.78 is 0. The van der Waals surface area contributed by atoms with Crippen molar-refractivity contribution in [2.24, 2.45) is 11.3 Å². The van der Waals surface area contributed by atoms with E-state index in [0.717, 1.165) is 18.0 Å². The van der Waals surface area contributed by atoms with E-state index in [9.17, 15) is 0 Å². The smallest absolute Gasteiger partial charge is 0.0227 e. The standard InChI is InChI=1S/C15H28N2/c1-15(2)8-4-3-5-14(15)16-13-11-17-9-6-12(13)7-10-17/h12-14,16H,3-11H2,1-2H3. The van der Waals surface area contributed by atoms with Gasteiger partial charge in [-0.05, 0) is 50.1 Å². The van der Waals surface area contributed by atoms with E-state index in [1.807, 2.05) is 0 Å². The Hall–Kier alpha value is -0.0800. The van der Waals surface area contributed by atoms with Gasteiger partial charge < -0.3 is 10.2 Å². The highest BCUT2D eigenvalue weighted by Gasteiger charge is 2.39. The SMILES string of the molecule is CC1(C)CCCCC1NC1CN2CCC1CC2. The molecule has 4 fully saturated rings. The van der Waals surface area contributed by atoms with Crippen LogP contribution in [0.1, 0.15) is 52.4 Å². The third kappa shape index (κ3) is 2.39. The minimum absolute atomic E-state index is 0.518. The fourth-order valence-electron chi connectivity index (χ4n) is 4.22. The van der Waals surface area contributed by atoms with Crippen molar-refractivity contribution >= 4 is 0 Å². The molecule has 4 rings (SSSR count). The van der Waals surface area contributed by atoms with Crippen LogP contribution in [-0.4, -0.2) is 36.6 Å². The molecule has 2 bridgehead atoms. The molecule has 0 amide bonds. The number of fused-ring (bicyclic) bond motifs is 3. The Morgan fingerprint density at radius 3 is 2.41 bits per heavy atom. The average Bonchev–Trinajstić information content (AvgIpc) is 2.33. The summed E-state index contributed by atoms with van der Waals surface area (Å²) in [7, 11) is 0. The zero-order valence-electron chi connectivity index (χ0n) is 11.5. The van der Waals surface area contributed by atoms with Crippen LogP contribution in [-0.2, 0) is 0 Å². The first-order chi connectivity index (χ1) is 8.15. The molecule has 0 spiro atoms. The molecule has 2 heteroatoms. The second-order valence-electron chi connectivity index (χ2n) is 7.20. The van der Waals surface area contributed by atoms with Crippen molar-refractivity contribution in [2.75, 3.05) is 19.6 Å². The van der Waals surface area contributed by atoms with Crippen LogP contribution < -0.4 is 5.32 Å². The van der Waals surface area contributed by atoms with E-state index in [4.69, 9.17) is 0 Å². The zero-order valence-corrected chi connectivity index (χ0v) is 11.5. The molecule has 0 aromatic heterocycles. The van der Waals surface area contributed by atoms with Crippen molar-refractivity contribution in [3.8, 4) is 0 Å². The van der Waals surface area contributed by atoms with Crippen LogP contribution in [0, 0.1) is 11.3 Å². The van der Waals surface area contributed by atoms with Crippen LogP contribution in [0.4, 0.5) is 0 Å². The first-order valence-corrected chi connectivity index (χ1v) is 7.63. The van der Waals surface area contributed by atoms with E-state index >= 15 is 0 Å². The fraction of sp³-hybridized carbons (Fsp3) is 1.00. The van der Waals surface area contributed by atoms with E-state index in [-0.39, 0.29) is 0 Å². The maximum absolute atomic E-state index is 4.04. The van der Waals surface area contributed by atoms with Gasteiger partial charge in [-0.25, -0.2) is 0 Å². The van der Waals surface area contributed by atoms with Gasteiger partial charge in [-0.1, -0.05) is 26.7 Å². The fourth-order valence-corrected chi connectivity index (χ4v) is 4.22. The molecule has 3 saturated heterocycles. The summed E-state index contributed by atoms with van der Waals surface area (Å²) in [5.41, 5.74) is 0.518. The Morgan fingerprint density at radius 1 is 1.06 bits per heavy atom. The normalized spacial score (nSPS) is 44.8. The Kier molecular flexibility index (Phi) is 3.20. The third-order valence-electron chi connectivity index (χ3n) is 5.58. The second-order valence-corrected chi connectivity index (χ2v) is 7.20. The first-order valence-electron chi connectivity index (χ1n) is 7.63. The van der Waals surface area contributed by atoms with Crippen molar-refractivity contribution in [3.63, 3.8) is 0 Å². The summed E-state index contributed by atoms with van der Waals surface area (Å²) in [6, 6.07) is 1.56. The first kappa shape index (κ1) is 12.0. The maximum atomic E-state index is 4.04.